The molecule has 1 aromatic heterocycles. The molecule has 1 aliphatic heterocycles. The zero-order chi connectivity index (χ0) is 16.4. The zero-order valence-electron chi connectivity index (χ0n) is 13.0. The summed E-state index contributed by atoms with van der Waals surface area (Å²) in [4.78, 5) is 24.5. The molecule has 1 saturated heterocycles. The Balaban J connectivity index is 1.88. The van der Waals surface area contributed by atoms with Crippen LogP contribution in [0, 0.1) is 0 Å². The van der Waals surface area contributed by atoms with Crippen molar-refractivity contribution in [3.63, 3.8) is 0 Å². The summed E-state index contributed by atoms with van der Waals surface area (Å²) in [5.74, 6) is 0.651. The Bertz CT molecular complexity index is 736. The van der Waals surface area contributed by atoms with Gasteiger partial charge < -0.3 is 14.5 Å². The third-order valence-electron chi connectivity index (χ3n) is 4.64. The maximum atomic E-state index is 11.7. The van der Waals surface area contributed by atoms with Crippen molar-refractivity contribution in [2.45, 2.75) is 37.6 Å². The van der Waals surface area contributed by atoms with Gasteiger partial charge >= 0.3 is 6.09 Å². The van der Waals surface area contributed by atoms with Gasteiger partial charge in [0.15, 0.2) is 0 Å². The van der Waals surface area contributed by atoms with Gasteiger partial charge in [-0.15, -0.1) is 0 Å². The number of amides is 1. The Labute approximate surface area is 133 Å². The van der Waals surface area contributed by atoms with Crippen LogP contribution in [0.4, 0.5) is 4.79 Å². The quantitative estimate of drug-likeness (QED) is 0.911. The second-order valence-corrected chi connectivity index (χ2v) is 6.40. The average Bonchev–Trinajstić information content (AvgIpc) is 2.94. The standard InChI is InChI=1S/C17H20N2O4/c1-17(10-12-5-3-2-4-6-12)11-13(7-8-19(17)16(21)22)14-9-15(20)18-23-14/h2-6,9,13H,7-8,10-11H2,1H3,(H,18,20)(H,21,22). The molecule has 1 aliphatic rings. The van der Waals surface area contributed by atoms with E-state index in [-0.39, 0.29) is 11.5 Å². The Hall–Kier alpha value is -2.50. The van der Waals surface area contributed by atoms with Crippen LogP contribution in [0.5, 0.6) is 0 Å². The highest BCUT2D eigenvalue weighted by Gasteiger charge is 2.42. The number of rotatable bonds is 3. The molecule has 2 atom stereocenters. The average molecular weight is 316 g/mol. The van der Waals surface area contributed by atoms with Gasteiger partial charge in [-0.2, -0.15) is 5.16 Å². The van der Waals surface area contributed by atoms with Gasteiger partial charge in [-0.1, -0.05) is 30.3 Å². The molecule has 0 radical (unpaired) electrons. The lowest BCUT2D eigenvalue weighted by atomic mass is 9.77. The molecule has 6 heteroatoms. The van der Waals surface area contributed by atoms with Crippen LogP contribution in [-0.4, -0.2) is 33.3 Å². The van der Waals surface area contributed by atoms with Gasteiger partial charge in [0.1, 0.15) is 5.76 Å². The molecule has 2 aromatic rings. The van der Waals surface area contributed by atoms with Gasteiger partial charge in [0.05, 0.1) is 0 Å². The van der Waals surface area contributed by atoms with E-state index in [0.29, 0.717) is 31.6 Å². The molecule has 2 heterocycles. The second kappa shape index (κ2) is 5.95. The molecule has 6 nitrogen and oxygen atoms in total. The molecule has 1 aromatic carbocycles. The summed E-state index contributed by atoms with van der Waals surface area (Å²) >= 11 is 0. The van der Waals surface area contributed by atoms with E-state index in [9.17, 15) is 14.7 Å². The van der Waals surface area contributed by atoms with Crippen LogP contribution in [-0.2, 0) is 6.42 Å². The van der Waals surface area contributed by atoms with E-state index in [1.807, 2.05) is 37.3 Å². The Morgan fingerprint density at radius 1 is 1.43 bits per heavy atom. The lowest BCUT2D eigenvalue weighted by Crippen LogP contribution is -2.55. The monoisotopic (exact) mass is 316 g/mol. The van der Waals surface area contributed by atoms with Crippen molar-refractivity contribution >= 4 is 6.09 Å². The van der Waals surface area contributed by atoms with E-state index < -0.39 is 11.6 Å². The number of likely N-dealkylation sites (tertiary alicyclic amines) is 1. The number of benzene rings is 1. The first-order valence-corrected chi connectivity index (χ1v) is 7.71. The first-order valence-electron chi connectivity index (χ1n) is 7.71. The first kappa shape index (κ1) is 15.4. The van der Waals surface area contributed by atoms with Crippen LogP contribution in [0.2, 0.25) is 0 Å². The summed E-state index contributed by atoms with van der Waals surface area (Å²) in [6, 6.07) is 11.3. The topological polar surface area (TPSA) is 86.5 Å². The largest absolute Gasteiger partial charge is 0.465 e. The number of H-pyrrole nitrogens is 1. The van der Waals surface area contributed by atoms with Gasteiger partial charge in [-0.3, -0.25) is 4.79 Å². The summed E-state index contributed by atoms with van der Waals surface area (Å²) in [7, 11) is 0. The maximum absolute atomic E-state index is 11.7. The van der Waals surface area contributed by atoms with E-state index in [1.54, 1.807) is 0 Å². The normalized spacial score (nSPS) is 24.6. The van der Waals surface area contributed by atoms with Crippen molar-refractivity contribution < 1.29 is 14.4 Å². The van der Waals surface area contributed by atoms with Gasteiger partial charge in [0.2, 0.25) is 0 Å². The van der Waals surface area contributed by atoms with Crippen molar-refractivity contribution in [1.82, 2.24) is 10.1 Å². The molecule has 2 N–H and O–H groups in total. The summed E-state index contributed by atoms with van der Waals surface area (Å²) < 4.78 is 5.24. The predicted molar refractivity (Wildman–Crippen MR) is 84.6 cm³/mol. The highest BCUT2D eigenvalue weighted by Crippen LogP contribution is 2.39. The van der Waals surface area contributed by atoms with Crippen LogP contribution in [0.15, 0.2) is 45.7 Å². The Morgan fingerprint density at radius 3 is 2.78 bits per heavy atom. The second-order valence-electron chi connectivity index (χ2n) is 6.40. The maximum Gasteiger partial charge on any atom is 0.407 e. The lowest BCUT2D eigenvalue weighted by molar-refractivity contribution is 0.0461. The molecule has 122 valence electrons. The van der Waals surface area contributed by atoms with Gasteiger partial charge in [-0.05, 0) is 31.7 Å². The van der Waals surface area contributed by atoms with Crippen LogP contribution in [0.1, 0.15) is 37.0 Å². The highest BCUT2D eigenvalue weighted by atomic mass is 16.5. The minimum atomic E-state index is -0.905. The smallest absolute Gasteiger partial charge is 0.407 e. The molecular weight excluding hydrogens is 296 g/mol. The van der Waals surface area contributed by atoms with Crippen LogP contribution < -0.4 is 5.56 Å². The van der Waals surface area contributed by atoms with Gasteiger partial charge in [0.25, 0.3) is 5.56 Å². The summed E-state index contributed by atoms with van der Waals surface area (Å²) in [5, 5.41) is 11.9. The number of nitrogens with zero attached hydrogens (tertiary/aromatic N) is 1. The minimum Gasteiger partial charge on any atom is -0.465 e. The SMILES string of the molecule is CC1(Cc2ccccc2)CC(c2cc(=O)[nH]o2)CCN1C(=O)O. The van der Waals surface area contributed by atoms with E-state index in [1.165, 1.54) is 11.0 Å². The third-order valence-corrected chi connectivity index (χ3v) is 4.64. The third kappa shape index (κ3) is 3.16. The number of aromatic nitrogens is 1. The molecule has 0 saturated carbocycles. The first-order chi connectivity index (χ1) is 11.0. The number of aromatic amines is 1. The number of hydrogen-bond donors (Lipinski definition) is 2. The predicted octanol–water partition coefficient (Wildman–Crippen LogP) is 2.83. The Kier molecular flexibility index (Phi) is 3.98. The van der Waals surface area contributed by atoms with Gasteiger partial charge in [0, 0.05) is 24.1 Å². The number of piperidine rings is 1. The molecule has 3 rings (SSSR count). The Morgan fingerprint density at radius 2 is 2.17 bits per heavy atom. The lowest BCUT2D eigenvalue weighted by Gasteiger charge is -2.46. The van der Waals surface area contributed by atoms with Crippen molar-refractivity contribution in [3.05, 3.63) is 58.1 Å². The molecular formula is C17H20N2O4. The molecule has 23 heavy (non-hydrogen) atoms. The zero-order valence-corrected chi connectivity index (χ0v) is 13.0. The molecule has 0 spiro atoms. The van der Waals surface area contributed by atoms with Crippen molar-refractivity contribution in [1.29, 1.82) is 0 Å². The van der Waals surface area contributed by atoms with Crippen LogP contribution >= 0.6 is 0 Å². The van der Waals surface area contributed by atoms with Crippen LogP contribution in [0.25, 0.3) is 0 Å². The van der Waals surface area contributed by atoms with E-state index in [4.69, 9.17) is 4.52 Å². The van der Waals surface area contributed by atoms with E-state index in [0.717, 1.165) is 5.56 Å². The molecule has 2 unspecified atom stereocenters. The van der Waals surface area contributed by atoms with Crippen LogP contribution in [0.3, 0.4) is 0 Å². The minimum absolute atomic E-state index is 0.0401. The number of carboxylic acid groups (broad SMARTS) is 1. The van der Waals surface area contributed by atoms with Crippen molar-refractivity contribution in [3.8, 4) is 0 Å². The fourth-order valence-corrected chi connectivity index (χ4v) is 3.57. The van der Waals surface area contributed by atoms with Crippen molar-refractivity contribution in [2.75, 3.05) is 6.54 Å². The number of carbonyl (C=O) groups is 1. The summed E-state index contributed by atoms with van der Waals surface area (Å²) in [6.07, 6.45) is 0.995. The van der Waals surface area contributed by atoms with Crippen molar-refractivity contribution in [2.24, 2.45) is 0 Å². The molecule has 0 bridgehead atoms. The number of hydrogen-bond acceptors (Lipinski definition) is 3. The fourth-order valence-electron chi connectivity index (χ4n) is 3.57. The molecule has 0 aliphatic carbocycles. The highest BCUT2D eigenvalue weighted by molar-refractivity contribution is 5.66. The van der Waals surface area contributed by atoms with E-state index >= 15 is 0 Å². The summed E-state index contributed by atoms with van der Waals surface area (Å²) in [6.45, 7) is 2.39. The molecule has 1 fully saturated rings. The van der Waals surface area contributed by atoms with E-state index in [2.05, 4.69) is 5.16 Å². The summed E-state index contributed by atoms with van der Waals surface area (Å²) in [5.41, 5.74) is 0.300. The number of nitrogens with one attached hydrogen (secondary N) is 1. The molecule has 1 amide bonds. The van der Waals surface area contributed by atoms with Gasteiger partial charge in [-0.25, -0.2) is 4.79 Å². The fraction of sp³-hybridized carbons (Fsp3) is 0.412.